The first-order valence-electron chi connectivity index (χ1n) is 8.40. The lowest BCUT2D eigenvalue weighted by Gasteiger charge is -2.36. The average Bonchev–Trinajstić information content (AvgIpc) is 2.52. The van der Waals surface area contributed by atoms with Crippen molar-refractivity contribution in [1.82, 2.24) is 15.1 Å². The molecule has 0 unspecified atom stereocenters. The van der Waals surface area contributed by atoms with Gasteiger partial charge in [-0.05, 0) is 39.0 Å². The van der Waals surface area contributed by atoms with Crippen LogP contribution in [0.1, 0.15) is 38.1 Å². The molecule has 0 spiro atoms. The Kier molecular flexibility index (Phi) is 5.66. The second kappa shape index (κ2) is 7.55. The Hall–Kier alpha value is -2.57. The number of amides is 4. The van der Waals surface area contributed by atoms with E-state index >= 15 is 0 Å². The fraction of sp³-hybridized carbons (Fsp3) is 0.500. The van der Waals surface area contributed by atoms with Crippen LogP contribution in [-0.2, 0) is 4.79 Å². The number of carbonyl (C=O) groups excluding carboxylic acids is 3. The zero-order valence-corrected chi connectivity index (χ0v) is 15.3. The van der Waals surface area contributed by atoms with Gasteiger partial charge in [0.15, 0.2) is 0 Å². The van der Waals surface area contributed by atoms with E-state index in [0.29, 0.717) is 37.4 Å². The largest absolute Gasteiger partial charge is 0.335 e. The lowest BCUT2D eigenvalue weighted by Crippen LogP contribution is -2.56. The number of nitrogens with one attached hydrogen (secondary N) is 2. The summed E-state index contributed by atoms with van der Waals surface area (Å²) in [5.41, 5.74) is 0.842. The Morgan fingerprint density at radius 3 is 2.16 bits per heavy atom. The smallest absolute Gasteiger partial charge is 0.317 e. The SMILES string of the molecule is CC(=O)Nc1cccc(C(=O)N2CCN(C(=O)NC(C)(C)C)CC2)c1. The van der Waals surface area contributed by atoms with Crippen molar-refractivity contribution in [3.63, 3.8) is 0 Å². The summed E-state index contributed by atoms with van der Waals surface area (Å²) in [5, 5.41) is 5.61. The molecule has 1 aliphatic heterocycles. The zero-order valence-electron chi connectivity index (χ0n) is 15.3. The van der Waals surface area contributed by atoms with Crippen LogP contribution in [-0.4, -0.2) is 59.4 Å². The number of carbonyl (C=O) groups is 3. The van der Waals surface area contributed by atoms with Crippen LogP contribution >= 0.6 is 0 Å². The Morgan fingerprint density at radius 2 is 1.60 bits per heavy atom. The van der Waals surface area contributed by atoms with E-state index in [2.05, 4.69) is 10.6 Å². The molecule has 0 saturated carbocycles. The van der Waals surface area contributed by atoms with Crippen LogP contribution in [0, 0.1) is 0 Å². The van der Waals surface area contributed by atoms with Gasteiger partial charge in [-0.15, -0.1) is 0 Å². The molecule has 0 radical (unpaired) electrons. The first-order valence-corrected chi connectivity index (χ1v) is 8.40. The molecule has 1 heterocycles. The molecule has 0 atom stereocenters. The average molecular weight is 346 g/mol. The number of hydrogen-bond acceptors (Lipinski definition) is 3. The maximum Gasteiger partial charge on any atom is 0.317 e. The van der Waals surface area contributed by atoms with E-state index in [4.69, 9.17) is 0 Å². The molecule has 1 fully saturated rings. The molecule has 7 nitrogen and oxygen atoms in total. The van der Waals surface area contributed by atoms with Crippen molar-refractivity contribution in [2.75, 3.05) is 31.5 Å². The highest BCUT2D eigenvalue weighted by atomic mass is 16.2. The van der Waals surface area contributed by atoms with E-state index in [1.807, 2.05) is 20.8 Å². The fourth-order valence-corrected chi connectivity index (χ4v) is 2.63. The van der Waals surface area contributed by atoms with Gasteiger partial charge in [0.1, 0.15) is 0 Å². The first-order chi connectivity index (χ1) is 11.7. The summed E-state index contributed by atoms with van der Waals surface area (Å²) < 4.78 is 0. The minimum absolute atomic E-state index is 0.0944. The standard InChI is InChI=1S/C18H26N4O3/c1-13(23)19-15-7-5-6-14(12-15)16(24)21-8-10-22(11-9-21)17(25)20-18(2,3)4/h5-7,12H,8-11H2,1-4H3,(H,19,23)(H,20,25). The summed E-state index contributed by atoms with van der Waals surface area (Å²) >= 11 is 0. The van der Waals surface area contributed by atoms with E-state index in [9.17, 15) is 14.4 Å². The molecule has 25 heavy (non-hydrogen) atoms. The zero-order chi connectivity index (χ0) is 18.6. The summed E-state index contributed by atoms with van der Waals surface area (Å²) in [6.45, 7) is 9.21. The Bertz CT molecular complexity index is 659. The molecule has 1 saturated heterocycles. The van der Waals surface area contributed by atoms with Gasteiger partial charge in [-0.3, -0.25) is 9.59 Å². The molecule has 7 heteroatoms. The Labute approximate surface area is 148 Å². The van der Waals surface area contributed by atoms with Crippen LogP contribution < -0.4 is 10.6 Å². The highest BCUT2D eigenvalue weighted by Gasteiger charge is 2.26. The lowest BCUT2D eigenvalue weighted by molar-refractivity contribution is -0.114. The van der Waals surface area contributed by atoms with E-state index < -0.39 is 0 Å². The van der Waals surface area contributed by atoms with Gasteiger partial charge in [0.05, 0.1) is 0 Å². The molecule has 0 aromatic heterocycles. The van der Waals surface area contributed by atoms with Gasteiger partial charge in [0.2, 0.25) is 5.91 Å². The summed E-state index contributed by atoms with van der Waals surface area (Å²) in [5.74, 6) is -0.272. The van der Waals surface area contributed by atoms with Crippen LogP contribution in [0.15, 0.2) is 24.3 Å². The Morgan fingerprint density at radius 1 is 1.00 bits per heavy atom. The molecular formula is C18H26N4O3. The van der Waals surface area contributed by atoms with Gasteiger partial charge in [-0.1, -0.05) is 6.07 Å². The first kappa shape index (κ1) is 18.8. The number of nitrogens with zero attached hydrogens (tertiary/aromatic N) is 2. The second-order valence-corrected chi connectivity index (χ2v) is 7.22. The number of rotatable bonds is 2. The van der Waals surface area contributed by atoms with Crippen molar-refractivity contribution in [3.8, 4) is 0 Å². The maximum atomic E-state index is 12.6. The highest BCUT2D eigenvalue weighted by Crippen LogP contribution is 2.14. The Balaban J connectivity index is 1.95. The van der Waals surface area contributed by atoms with Crippen molar-refractivity contribution in [3.05, 3.63) is 29.8 Å². The minimum Gasteiger partial charge on any atom is -0.335 e. The molecule has 1 aromatic carbocycles. The van der Waals surface area contributed by atoms with Gasteiger partial charge < -0.3 is 20.4 Å². The number of anilines is 1. The van der Waals surface area contributed by atoms with E-state index in [1.165, 1.54) is 6.92 Å². The van der Waals surface area contributed by atoms with Gasteiger partial charge in [-0.25, -0.2) is 4.79 Å². The molecule has 4 amide bonds. The van der Waals surface area contributed by atoms with Gasteiger partial charge in [0, 0.05) is 49.9 Å². The number of benzene rings is 1. The van der Waals surface area contributed by atoms with Crippen LogP contribution in [0.3, 0.4) is 0 Å². The van der Waals surface area contributed by atoms with Crippen molar-refractivity contribution in [1.29, 1.82) is 0 Å². The van der Waals surface area contributed by atoms with E-state index in [1.54, 1.807) is 34.1 Å². The van der Waals surface area contributed by atoms with Crippen LogP contribution in [0.4, 0.5) is 10.5 Å². The van der Waals surface area contributed by atoms with Crippen molar-refractivity contribution < 1.29 is 14.4 Å². The lowest BCUT2D eigenvalue weighted by atomic mass is 10.1. The third-order valence-corrected chi connectivity index (χ3v) is 3.77. The topological polar surface area (TPSA) is 81.8 Å². The van der Waals surface area contributed by atoms with Gasteiger partial charge >= 0.3 is 6.03 Å². The predicted octanol–water partition coefficient (Wildman–Crippen LogP) is 1.91. The number of hydrogen-bond donors (Lipinski definition) is 2. The fourth-order valence-electron chi connectivity index (χ4n) is 2.63. The molecule has 1 aliphatic rings. The molecule has 0 aliphatic carbocycles. The summed E-state index contributed by atoms with van der Waals surface area (Å²) in [6, 6.07) is 6.78. The quantitative estimate of drug-likeness (QED) is 0.858. The van der Waals surface area contributed by atoms with E-state index in [0.717, 1.165) is 0 Å². The molecule has 136 valence electrons. The predicted molar refractivity (Wildman–Crippen MR) is 96.5 cm³/mol. The molecule has 2 rings (SSSR count). The van der Waals surface area contributed by atoms with E-state index in [-0.39, 0.29) is 23.4 Å². The second-order valence-electron chi connectivity index (χ2n) is 7.22. The van der Waals surface area contributed by atoms with Crippen molar-refractivity contribution in [2.24, 2.45) is 0 Å². The third-order valence-electron chi connectivity index (χ3n) is 3.77. The van der Waals surface area contributed by atoms with Crippen molar-refractivity contribution >= 4 is 23.5 Å². The molecular weight excluding hydrogens is 320 g/mol. The number of piperazine rings is 1. The normalized spacial score (nSPS) is 14.9. The molecule has 2 N–H and O–H groups in total. The van der Waals surface area contributed by atoms with Crippen LogP contribution in [0.2, 0.25) is 0 Å². The summed E-state index contributed by atoms with van der Waals surface area (Å²) in [7, 11) is 0. The van der Waals surface area contributed by atoms with Gasteiger partial charge in [-0.2, -0.15) is 0 Å². The monoisotopic (exact) mass is 346 g/mol. The van der Waals surface area contributed by atoms with Crippen molar-refractivity contribution in [2.45, 2.75) is 33.2 Å². The van der Waals surface area contributed by atoms with Crippen LogP contribution in [0.25, 0.3) is 0 Å². The summed E-state index contributed by atoms with van der Waals surface area (Å²) in [6.07, 6.45) is 0. The van der Waals surface area contributed by atoms with Gasteiger partial charge in [0.25, 0.3) is 5.91 Å². The molecule has 0 bridgehead atoms. The minimum atomic E-state index is -0.284. The number of urea groups is 1. The molecule has 1 aromatic rings. The third kappa shape index (κ3) is 5.48. The van der Waals surface area contributed by atoms with Crippen LogP contribution in [0.5, 0.6) is 0 Å². The highest BCUT2D eigenvalue weighted by molar-refractivity contribution is 5.97. The summed E-state index contributed by atoms with van der Waals surface area (Å²) in [4.78, 5) is 39.4. The maximum absolute atomic E-state index is 12.6.